The largest absolute Gasteiger partial charge is 0.350 e. The second-order valence-corrected chi connectivity index (χ2v) is 6.07. The first-order valence-electron chi connectivity index (χ1n) is 6.80. The topological polar surface area (TPSA) is 70.2 Å². The molecule has 1 fully saturated rings. The van der Waals surface area contributed by atoms with Gasteiger partial charge < -0.3 is 16.0 Å². The van der Waals surface area contributed by atoms with E-state index in [4.69, 9.17) is 0 Å². The van der Waals surface area contributed by atoms with E-state index in [-0.39, 0.29) is 11.8 Å². The van der Waals surface area contributed by atoms with Crippen molar-refractivity contribution in [2.24, 2.45) is 0 Å². The molecule has 0 bridgehead atoms. The van der Waals surface area contributed by atoms with Gasteiger partial charge in [0.05, 0.1) is 11.4 Å². The molecule has 0 spiro atoms. The van der Waals surface area contributed by atoms with Crippen molar-refractivity contribution < 1.29 is 9.59 Å². The Kier molecular flexibility index (Phi) is 3.93. The molecule has 1 unspecified atom stereocenters. The van der Waals surface area contributed by atoms with Crippen molar-refractivity contribution >= 4 is 29.3 Å². The number of carbonyl (C=O) groups is 2. The minimum absolute atomic E-state index is 0.0183. The molecule has 2 aliphatic heterocycles. The molecule has 2 aliphatic rings. The maximum absolute atomic E-state index is 12.1. The summed E-state index contributed by atoms with van der Waals surface area (Å²) in [5.41, 5.74) is 1.32. The molecule has 1 saturated heterocycles. The molecule has 2 heterocycles. The fraction of sp³-hybridized carbons (Fsp3) is 0.429. The summed E-state index contributed by atoms with van der Waals surface area (Å²) in [6.45, 7) is 1.68. The van der Waals surface area contributed by atoms with Crippen LogP contribution in [-0.2, 0) is 4.79 Å². The van der Waals surface area contributed by atoms with Crippen LogP contribution in [-0.4, -0.2) is 36.7 Å². The van der Waals surface area contributed by atoms with Crippen LogP contribution < -0.4 is 16.0 Å². The van der Waals surface area contributed by atoms with Gasteiger partial charge in [0.25, 0.3) is 5.91 Å². The molecule has 20 heavy (non-hydrogen) atoms. The van der Waals surface area contributed by atoms with E-state index in [1.807, 2.05) is 6.07 Å². The summed E-state index contributed by atoms with van der Waals surface area (Å²) in [6, 6.07) is 5.83. The second kappa shape index (κ2) is 5.85. The van der Waals surface area contributed by atoms with Crippen LogP contribution in [0.5, 0.6) is 0 Å². The highest BCUT2D eigenvalue weighted by atomic mass is 32.2. The fourth-order valence-corrected chi connectivity index (χ4v) is 3.26. The number of rotatable bonds is 3. The summed E-state index contributed by atoms with van der Waals surface area (Å²) in [4.78, 5) is 24.5. The van der Waals surface area contributed by atoms with Gasteiger partial charge in [0.1, 0.15) is 0 Å². The third-order valence-electron chi connectivity index (χ3n) is 3.55. The number of thioether (sulfide) groups is 1. The summed E-state index contributed by atoms with van der Waals surface area (Å²) in [5, 5.41) is 9.08. The van der Waals surface area contributed by atoms with E-state index in [0.29, 0.717) is 23.9 Å². The van der Waals surface area contributed by atoms with Gasteiger partial charge in [0.15, 0.2) is 0 Å². The second-order valence-electron chi connectivity index (χ2n) is 5.05. The maximum Gasteiger partial charge on any atom is 0.251 e. The molecule has 1 aromatic carbocycles. The van der Waals surface area contributed by atoms with Gasteiger partial charge in [-0.15, -0.1) is 11.8 Å². The van der Waals surface area contributed by atoms with Crippen molar-refractivity contribution in [3.05, 3.63) is 23.8 Å². The van der Waals surface area contributed by atoms with Crippen LogP contribution in [0.4, 0.5) is 5.69 Å². The fourth-order valence-electron chi connectivity index (χ4n) is 2.47. The van der Waals surface area contributed by atoms with Crippen LogP contribution in [0.2, 0.25) is 0 Å². The highest BCUT2D eigenvalue weighted by Crippen LogP contribution is 2.31. The first-order chi connectivity index (χ1) is 9.72. The molecular formula is C14H17N3O2S. The molecular weight excluding hydrogens is 274 g/mol. The summed E-state index contributed by atoms with van der Waals surface area (Å²) in [7, 11) is 0. The first-order valence-corrected chi connectivity index (χ1v) is 7.79. The minimum Gasteiger partial charge on any atom is -0.350 e. The molecule has 3 rings (SSSR count). The lowest BCUT2D eigenvalue weighted by Gasteiger charge is -2.17. The van der Waals surface area contributed by atoms with Crippen LogP contribution in [0.15, 0.2) is 23.1 Å². The summed E-state index contributed by atoms with van der Waals surface area (Å²) >= 11 is 1.50. The summed E-state index contributed by atoms with van der Waals surface area (Å²) < 4.78 is 0. The van der Waals surface area contributed by atoms with Crippen LogP contribution in [0.25, 0.3) is 0 Å². The molecule has 2 amide bonds. The Morgan fingerprint density at radius 2 is 2.35 bits per heavy atom. The van der Waals surface area contributed by atoms with E-state index >= 15 is 0 Å². The van der Waals surface area contributed by atoms with Crippen LogP contribution in [0.3, 0.4) is 0 Å². The van der Waals surface area contributed by atoms with Crippen molar-refractivity contribution in [2.45, 2.75) is 23.8 Å². The number of anilines is 1. The molecule has 3 N–H and O–H groups in total. The number of nitrogens with one attached hydrogen (secondary N) is 3. The molecule has 1 atom stereocenters. The Bertz CT molecular complexity index is 541. The van der Waals surface area contributed by atoms with Crippen molar-refractivity contribution in [3.63, 3.8) is 0 Å². The predicted molar refractivity (Wildman–Crippen MR) is 79.2 cm³/mol. The average molecular weight is 291 g/mol. The van der Waals surface area contributed by atoms with Crippen LogP contribution >= 0.6 is 11.8 Å². The van der Waals surface area contributed by atoms with Crippen LogP contribution in [0.1, 0.15) is 23.2 Å². The lowest BCUT2D eigenvalue weighted by Crippen LogP contribution is -2.37. The Labute approximate surface area is 121 Å². The number of benzene rings is 1. The molecule has 0 aromatic heterocycles. The highest BCUT2D eigenvalue weighted by molar-refractivity contribution is 8.00. The smallest absolute Gasteiger partial charge is 0.251 e. The number of fused-ring (bicyclic) bond motifs is 1. The summed E-state index contributed by atoms with van der Waals surface area (Å²) in [6.07, 6.45) is 2.28. The quantitative estimate of drug-likeness (QED) is 0.783. The van der Waals surface area contributed by atoms with E-state index in [1.54, 1.807) is 12.1 Å². The van der Waals surface area contributed by atoms with Gasteiger partial charge in [-0.05, 0) is 37.6 Å². The van der Waals surface area contributed by atoms with Crippen molar-refractivity contribution in [3.8, 4) is 0 Å². The molecule has 5 nitrogen and oxygen atoms in total. The molecule has 0 radical (unpaired) electrons. The standard InChI is InChI=1S/C14H17N3O2S/c18-13-8-20-12-4-3-9(6-11(12)17-13)14(19)16-7-10-2-1-5-15-10/h3-4,6,10,15H,1-2,5,7-8H2,(H,16,19)(H,17,18). The number of carbonyl (C=O) groups excluding carboxylic acids is 2. The minimum atomic E-state index is -0.0914. The van der Waals surface area contributed by atoms with E-state index in [9.17, 15) is 9.59 Å². The van der Waals surface area contributed by atoms with Crippen molar-refractivity contribution in [1.29, 1.82) is 0 Å². The van der Waals surface area contributed by atoms with Gasteiger partial charge >= 0.3 is 0 Å². The zero-order valence-electron chi connectivity index (χ0n) is 11.1. The van der Waals surface area contributed by atoms with E-state index < -0.39 is 0 Å². The van der Waals surface area contributed by atoms with Gasteiger partial charge in [0, 0.05) is 23.0 Å². The van der Waals surface area contributed by atoms with E-state index in [1.165, 1.54) is 18.2 Å². The first kappa shape index (κ1) is 13.5. The predicted octanol–water partition coefficient (Wildman–Crippen LogP) is 1.21. The van der Waals surface area contributed by atoms with E-state index in [0.717, 1.165) is 23.5 Å². The Morgan fingerprint density at radius 3 is 3.15 bits per heavy atom. The zero-order chi connectivity index (χ0) is 13.9. The van der Waals surface area contributed by atoms with Gasteiger partial charge in [-0.3, -0.25) is 9.59 Å². The number of hydrogen-bond donors (Lipinski definition) is 3. The van der Waals surface area contributed by atoms with Gasteiger partial charge in [0.2, 0.25) is 5.91 Å². The Hall–Kier alpha value is -1.53. The third kappa shape index (κ3) is 2.96. The van der Waals surface area contributed by atoms with Gasteiger partial charge in [-0.1, -0.05) is 0 Å². The molecule has 1 aromatic rings. The Balaban J connectivity index is 1.65. The molecule has 6 heteroatoms. The monoisotopic (exact) mass is 291 g/mol. The molecule has 106 valence electrons. The number of amides is 2. The van der Waals surface area contributed by atoms with E-state index in [2.05, 4.69) is 16.0 Å². The van der Waals surface area contributed by atoms with Crippen molar-refractivity contribution in [2.75, 3.05) is 24.2 Å². The highest BCUT2D eigenvalue weighted by Gasteiger charge is 2.18. The van der Waals surface area contributed by atoms with Gasteiger partial charge in [-0.2, -0.15) is 0 Å². The third-order valence-corrected chi connectivity index (χ3v) is 4.62. The average Bonchev–Trinajstić information content (AvgIpc) is 2.97. The van der Waals surface area contributed by atoms with Crippen molar-refractivity contribution in [1.82, 2.24) is 10.6 Å². The number of hydrogen-bond acceptors (Lipinski definition) is 4. The SMILES string of the molecule is O=C1CSc2ccc(C(=O)NCC3CCCN3)cc2N1. The lowest BCUT2D eigenvalue weighted by molar-refractivity contribution is -0.113. The van der Waals surface area contributed by atoms with Gasteiger partial charge in [-0.25, -0.2) is 0 Å². The molecule has 0 saturated carbocycles. The maximum atomic E-state index is 12.1. The summed E-state index contributed by atoms with van der Waals surface area (Å²) in [5.74, 6) is 0.327. The van der Waals surface area contributed by atoms with Crippen LogP contribution in [0, 0.1) is 0 Å². The Morgan fingerprint density at radius 1 is 1.45 bits per heavy atom. The zero-order valence-corrected chi connectivity index (χ0v) is 11.9. The molecule has 0 aliphatic carbocycles. The lowest BCUT2D eigenvalue weighted by atomic mass is 10.1. The normalized spacial score (nSPS) is 21.2.